The zero-order chi connectivity index (χ0) is 14.5. The maximum absolute atomic E-state index is 13.4. The summed E-state index contributed by atoms with van der Waals surface area (Å²) < 4.78 is 26.8. The molecule has 0 atom stereocenters. The van der Waals surface area contributed by atoms with Gasteiger partial charge in [0.05, 0.1) is 6.54 Å². The lowest BCUT2D eigenvalue weighted by Crippen LogP contribution is -2.49. The number of benzene rings is 1. The quantitative estimate of drug-likeness (QED) is 0.828. The van der Waals surface area contributed by atoms with Crippen molar-refractivity contribution in [1.82, 2.24) is 15.5 Å². The van der Waals surface area contributed by atoms with Gasteiger partial charge in [-0.3, -0.25) is 9.59 Å². The number of hydrogen-bond donors (Lipinski definition) is 2. The van der Waals surface area contributed by atoms with Crippen molar-refractivity contribution in [2.75, 3.05) is 32.7 Å². The van der Waals surface area contributed by atoms with Crippen LogP contribution in [0.2, 0.25) is 0 Å². The molecule has 0 aromatic heterocycles. The summed E-state index contributed by atoms with van der Waals surface area (Å²) in [4.78, 5) is 25.1. The topological polar surface area (TPSA) is 61.4 Å². The monoisotopic (exact) mass is 283 g/mol. The summed E-state index contributed by atoms with van der Waals surface area (Å²) >= 11 is 0. The van der Waals surface area contributed by atoms with Gasteiger partial charge >= 0.3 is 0 Å². The molecule has 2 N–H and O–H groups in total. The van der Waals surface area contributed by atoms with E-state index in [1.165, 1.54) is 6.07 Å². The fourth-order valence-corrected chi connectivity index (χ4v) is 1.99. The SMILES string of the molecule is O=C(NCC(=O)N1CCNCC1)c1c(F)cccc1F. The molecule has 7 heteroatoms. The van der Waals surface area contributed by atoms with Crippen LogP contribution in [0.1, 0.15) is 10.4 Å². The molecule has 0 aliphatic carbocycles. The van der Waals surface area contributed by atoms with Gasteiger partial charge in [-0.25, -0.2) is 8.78 Å². The summed E-state index contributed by atoms with van der Waals surface area (Å²) in [5.74, 6) is -3.09. The Morgan fingerprint density at radius 1 is 1.20 bits per heavy atom. The molecular formula is C13H15F2N3O2. The van der Waals surface area contributed by atoms with E-state index in [1.54, 1.807) is 4.90 Å². The molecular weight excluding hydrogens is 268 g/mol. The van der Waals surface area contributed by atoms with Crippen molar-refractivity contribution in [1.29, 1.82) is 0 Å². The maximum Gasteiger partial charge on any atom is 0.257 e. The van der Waals surface area contributed by atoms with Gasteiger partial charge in [0, 0.05) is 26.2 Å². The van der Waals surface area contributed by atoms with E-state index in [4.69, 9.17) is 0 Å². The van der Waals surface area contributed by atoms with Gasteiger partial charge in [0.2, 0.25) is 5.91 Å². The smallest absolute Gasteiger partial charge is 0.257 e. The van der Waals surface area contributed by atoms with E-state index in [2.05, 4.69) is 10.6 Å². The van der Waals surface area contributed by atoms with Gasteiger partial charge < -0.3 is 15.5 Å². The molecule has 2 rings (SSSR count). The van der Waals surface area contributed by atoms with E-state index < -0.39 is 23.1 Å². The van der Waals surface area contributed by atoms with E-state index in [0.29, 0.717) is 26.2 Å². The van der Waals surface area contributed by atoms with Crippen molar-refractivity contribution in [2.24, 2.45) is 0 Å². The summed E-state index contributed by atoms with van der Waals surface area (Å²) in [6.07, 6.45) is 0. The summed E-state index contributed by atoms with van der Waals surface area (Å²) in [5, 5.41) is 5.34. The average molecular weight is 283 g/mol. The predicted molar refractivity (Wildman–Crippen MR) is 68.1 cm³/mol. The zero-order valence-corrected chi connectivity index (χ0v) is 10.8. The third kappa shape index (κ3) is 3.30. The summed E-state index contributed by atoms with van der Waals surface area (Å²) in [6, 6.07) is 3.17. The summed E-state index contributed by atoms with van der Waals surface area (Å²) in [6.45, 7) is 2.24. The number of nitrogens with one attached hydrogen (secondary N) is 2. The molecule has 1 heterocycles. The minimum atomic E-state index is -0.947. The number of carbonyl (C=O) groups is 2. The van der Waals surface area contributed by atoms with Gasteiger partial charge in [-0.05, 0) is 12.1 Å². The molecule has 0 saturated carbocycles. The number of halogens is 2. The largest absolute Gasteiger partial charge is 0.343 e. The maximum atomic E-state index is 13.4. The first-order chi connectivity index (χ1) is 9.59. The van der Waals surface area contributed by atoms with Crippen LogP contribution < -0.4 is 10.6 Å². The first kappa shape index (κ1) is 14.4. The lowest BCUT2D eigenvalue weighted by molar-refractivity contribution is -0.130. The normalized spacial score (nSPS) is 15.0. The first-order valence-electron chi connectivity index (χ1n) is 6.30. The summed E-state index contributed by atoms with van der Waals surface area (Å²) in [7, 11) is 0. The van der Waals surface area contributed by atoms with Crippen LogP contribution in [0.5, 0.6) is 0 Å². The van der Waals surface area contributed by atoms with Gasteiger partial charge in [-0.2, -0.15) is 0 Å². The highest BCUT2D eigenvalue weighted by Gasteiger charge is 2.20. The zero-order valence-electron chi connectivity index (χ0n) is 10.8. The van der Waals surface area contributed by atoms with E-state index in [1.807, 2.05) is 0 Å². The van der Waals surface area contributed by atoms with Crippen LogP contribution in [0.15, 0.2) is 18.2 Å². The highest BCUT2D eigenvalue weighted by atomic mass is 19.1. The molecule has 0 spiro atoms. The number of carbonyl (C=O) groups excluding carboxylic acids is 2. The van der Waals surface area contributed by atoms with E-state index in [-0.39, 0.29) is 12.5 Å². The Bertz CT molecular complexity index is 496. The number of rotatable bonds is 3. The molecule has 0 radical (unpaired) electrons. The second kappa shape index (κ2) is 6.42. The number of hydrogen-bond acceptors (Lipinski definition) is 3. The third-order valence-electron chi connectivity index (χ3n) is 3.06. The van der Waals surface area contributed by atoms with Gasteiger partial charge in [0.1, 0.15) is 17.2 Å². The van der Waals surface area contributed by atoms with Gasteiger partial charge in [0.15, 0.2) is 0 Å². The molecule has 1 aromatic carbocycles. The van der Waals surface area contributed by atoms with Crippen molar-refractivity contribution in [3.63, 3.8) is 0 Å². The Labute approximate surface area is 114 Å². The first-order valence-corrected chi connectivity index (χ1v) is 6.30. The molecule has 108 valence electrons. The lowest BCUT2D eigenvalue weighted by Gasteiger charge is -2.27. The average Bonchev–Trinajstić information content (AvgIpc) is 2.45. The van der Waals surface area contributed by atoms with Crippen molar-refractivity contribution in [3.05, 3.63) is 35.4 Å². The van der Waals surface area contributed by atoms with Crippen LogP contribution in [0, 0.1) is 11.6 Å². The van der Waals surface area contributed by atoms with Crippen LogP contribution in [0.25, 0.3) is 0 Å². The Morgan fingerprint density at radius 3 is 2.40 bits per heavy atom. The highest BCUT2D eigenvalue weighted by Crippen LogP contribution is 2.11. The fraction of sp³-hybridized carbons (Fsp3) is 0.385. The van der Waals surface area contributed by atoms with Crippen LogP contribution >= 0.6 is 0 Å². The molecule has 2 amide bonds. The number of amides is 2. The molecule has 1 fully saturated rings. The van der Waals surface area contributed by atoms with Crippen LogP contribution in [0.3, 0.4) is 0 Å². The summed E-state index contributed by atoms with van der Waals surface area (Å²) in [5.41, 5.74) is -0.666. The Kier molecular flexibility index (Phi) is 4.62. The number of nitrogens with zero attached hydrogens (tertiary/aromatic N) is 1. The van der Waals surface area contributed by atoms with Crippen molar-refractivity contribution < 1.29 is 18.4 Å². The molecule has 0 bridgehead atoms. The third-order valence-corrected chi connectivity index (χ3v) is 3.06. The molecule has 5 nitrogen and oxygen atoms in total. The van der Waals surface area contributed by atoms with Crippen molar-refractivity contribution in [3.8, 4) is 0 Å². The molecule has 1 aliphatic heterocycles. The highest BCUT2D eigenvalue weighted by molar-refractivity contribution is 5.96. The van der Waals surface area contributed by atoms with Crippen molar-refractivity contribution in [2.45, 2.75) is 0 Å². The van der Waals surface area contributed by atoms with Crippen LogP contribution in [-0.2, 0) is 4.79 Å². The Balaban J connectivity index is 1.93. The molecule has 1 aliphatic rings. The van der Waals surface area contributed by atoms with E-state index >= 15 is 0 Å². The van der Waals surface area contributed by atoms with Gasteiger partial charge in [0.25, 0.3) is 5.91 Å². The van der Waals surface area contributed by atoms with Gasteiger partial charge in [-0.15, -0.1) is 0 Å². The molecule has 1 aromatic rings. The van der Waals surface area contributed by atoms with Gasteiger partial charge in [-0.1, -0.05) is 6.07 Å². The van der Waals surface area contributed by atoms with Crippen molar-refractivity contribution >= 4 is 11.8 Å². The molecule has 1 saturated heterocycles. The standard InChI is InChI=1S/C13H15F2N3O2/c14-9-2-1-3-10(15)12(9)13(20)17-8-11(19)18-6-4-16-5-7-18/h1-3,16H,4-8H2,(H,17,20). The van der Waals surface area contributed by atoms with E-state index in [9.17, 15) is 18.4 Å². The minimum Gasteiger partial charge on any atom is -0.343 e. The lowest BCUT2D eigenvalue weighted by atomic mass is 10.2. The van der Waals surface area contributed by atoms with Crippen LogP contribution in [0.4, 0.5) is 8.78 Å². The predicted octanol–water partition coefficient (Wildman–Crippen LogP) is 0.126. The Morgan fingerprint density at radius 2 is 1.80 bits per heavy atom. The molecule has 0 unspecified atom stereocenters. The minimum absolute atomic E-state index is 0.267. The molecule has 20 heavy (non-hydrogen) atoms. The van der Waals surface area contributed by atoms with E-state index in [0.717, 1.165) is 12.1 Å². The second-order valence-corrected chi connectivity index (χ2v) is 4.41. The second-order valence-electron chi connectivity index (χ2n) is 4.41. The number of piperazine rings is 1. The fourth-order valence-electron chi connectivity index (χ4n) is 1.99. The van der Waals surface area contributed by atoms with Crippen LogP contribution in [-0.4, -0.2) is 49.4 Å². The Hall–Kier alpha value is -2.02.